The highest BCUT2D eigenvalue weighted by Crippen LogP contribution is 2.27. The summed E-state index contributed by atoms with van der Waals surface area (Å²) in [5, 5.41) is 8.82. The Bertz CT molecular complexity index is 1460. The van der Waals surface area contributed by atoms with E-state index in [2.05, 4.69) is 34.4 Å². The van der Waals surface area contributed by atoms with Crippen LogP contribution >= 0.6 is 0 Å². The van der Waals surface area contributed by atoms with Crippen LogP contribution in [0.1, 0.15) is 49.7 Å². The fraction of sp³-hybridized carbons (Fsp3) is 0.367. The van der Waals surface area contributed by atoms with Crippen molar-refractivity contribution in [1.82, 2.24) is 19.2 Å². The van der Waals surface area contributed by atoms with Gasteiger partial charge < -0.3 is 9.88 Å². The van der Waals surface area contributed by atoms with Gasteiger partial charge in [0.1, 0.15) is 6.04 Å². The van der Waals surface area contributed by atoms with Crippen LogP contribution in [0, 0.1) is 19.8 Å². The van der Waals surface area contributed by atoms with Crippen LogP contribution in [0.5, 0.6) is 0 Å². The van der Waals surface area contributed by atoms with E-state index in [9.17, 15) is 9.59 Å². The number of fused-ring (bicyclic) bond motifs is 1. The molecule has 2 aromatic carbocycles. The highest BCUT2D eigenvalue weighted by molar-refractivity contribution is 5.95. The fourth-order valence-corrected chi connectivity index (χ4v) is 5.45. The lowest BCUT2D eigenvalue weighted by Crippen LogP contribution is -2.32. The van der Waals surface area contributed by atoms with Crippen molar-refractivity contribution in [3.05, 3.63) is 88.1 Å². The number of nitrogens with zero attached hydrogens (tertiary/aromatic N) is 4. The third-order valence-electron chi connectivity index (χ3n) is 7.72. The van der Waals surface area contributed by atoms with Crippen LogP contribution in [0.15, 0.2) is 65.6 Å². The van der Waals surface area contributed by atoms with Crippen LogP contribution in [-0.4, -0.2) is 38.2 Å². The number of rotatable bonds is 6. The average molecular weight is 498 g/mol. The molecule has 1 amide bonds. The van der Waals surface area contributed by atoms with Gasteiger partial charge >= 0.3 is 0 Å². The van der Waals surface area contributed by atoms with Gasteiger partial charge in [0, 0.05) is 29.0 Å². The number of benzene rings is 2. The molecule has 0 radical (unpaired) electrons. The molecule has 2 aromatic heterocycles. The zero-order valence-electron chi connectivity index (χ0n) is 22.1. The summed E-state index contributed by atoms with van der Waals surface area (Å²) in [6, 6.07) is 17.0. The number of anilines is 1. The second kappa shape index (κ2) is 10.3. The van der Waals surface area contributed by atoms with Crippen LogP contribution in [0.3, 0.4) is 0 Å². The van der Waals surface area contributed by atoms with Gasteiger partial charge in [0.25, 0.3) is 5.56 Å². The molecule has 5 rings (SSSR count). The van der Waals surface area contributed by atoms with E-state index in [1.165, 1.54) is 23.1 Å². The zero-order chi connectivity index (χ0) is 26.1. The molecule has 4 aromatic rings. The Kier molecular flexibility index (Phi) is 6.98. The van der Waals surface area contributed by atoms with Gasteiger partial charge in [-0.3, -0.25) is 14.5 Å². The Morgan fingerprint density at radius 3 is 2.38 bits per heavy atom. The molecule has 0 unspecified atom stereocenters. The van der Waals surface area contributed by atoms with Crippen molar-refractivity contribution in [3.8, 4) is 5.69 Å². The molecule has 1 aliphatic heterocycles. The molecular formula is C30H35N5O2. The second-order valence-corrected chi connectivity index (χ2v) is 10.3. The molecule has 7 nitrogen and oxygen atoms in total. The number of carbonyl (C=O) groups excluding carboxylic acids is 1. The third kappa shape index (κ3) is 4.96. The Morgan fingerprint density at radius 2 is 1.70 bits per heavy atom. The smallest absolute Gasteiger partial charge is 0.281 e. The van der Waals surface area contributed by atoms with E-state index < -0.39 is 6.04 Å². The van der Waals surface area contributed by atoms with Crippen molar-refractivity contribution >= 4 is 22.4 Å². The van der Waals surface area contributed by atoms with Crippen molar-refractivity contribution in [1.29, 1.82) is 0 Å². The Hall–Kier alpha value is -3.71. The lowest BCUT2D eigenvalue weighted by atomic mass is 9.99. The Labute approximate surface area is 217 Å². The molecule has 192 valence electrons. The molecule has 1 N–H and O–H groups in total. The first kappa shape index (κ1) is 25.0. The van der Waals surface area contributed by atoms with Gasteiger partial charge in [0.2, 0.25) is 5.91 Å². The first-order valence-corrected chi connectivity index (χ1v) is 13.1. The predicted molar refractivity (Wildman–Crippen MR) is 148 cm³/mol. The summed E-state index contributed by atoms with van der Waals surface area (Å²) in [5.41, 5.74) is 4.17. The summed E-state index contributed by atoms with van der Waals surface area (Å²) >= 11 is 0. The van der Waals surface area contributed by atoms with Crippen molar-refractivity contribution < 1.29 is 4.79 Å². The van der Waals surface area contributed by atoms with E-state index in [1.54, 1.807) is 6.20 Å². The highest BCUT2D eigenvalue weighted by Gasteiger charge is 2.24. The maximum atomic E-state index is 13.4. The lowest BCUT2D eigenvalue weighted by molar-refractivity contribution is -0.118. The maximum absolute atomic E-state index is 13.4. The van der Waals surface area contributed by atoms with E-state index in [0.29, 0.717) is 11.1 Å². The Morgan fingerprint density at radius 1 is 1.03 bits per heavy atom. The van der Waals surface area contributed by atoms with Crippen molar-refractivity contribution in [2.24, 2.45) is 5.92 Å². The van der Waals surface area contributed by atoms with Crippen LogP contribution < -0.4 is 10.9 Å². The van der Waals surface area contributed by atoms with Gasteiger partial charge in [-0.1, -0.05) is 37.3 Å². The van der Waals surface area contributed by atoms with E-state index in [4.69, 9.17) is 0 Å². The molecular weight excluding hydrogens is 462 g/mol. The number of aromatic nitrogens is 3. The van der Waals surface area contributed by atoms with Crippen molar-refractivity contribution in [3.63, 3.8) is 0 Å². The Balaban J connectivity index is 1.34. The minimum atomic E-state index is -0.494. The van der Waals surface area contributed by atoms with Crippen LogP contribution in [0.2, 0.25) is 0 Å². The molecule has 1 saturated heterocycles. The van der Waals surface area contributed by atoms with Gasteiger partial charge in [0.05, 0.1) is 17.3 Å². The lowest BCUT2D eigenvalue weighted by Gasteiger charge is -2.30. The first-order chi connectivity index (χ1) is 17.8. The molecule has 7 heteroatoms. The predicted octanol–water partition coefficient (Wildman–Crippen LogP) is 5.24. The van der Waals surface area contributed by atoms with Crippen LogP contribution in [0.25, 0.3) is 16.5 Å². The SMILES string of the molecule is Cc1c2cnn(-c3ccccc3)c(=O)c2c(C)n1[C@H](C)C(=O)Nc1ccc(CN2CCC(C)CC2)cc1. The number of hydrogen-bond acceptors (Lipinski definition) is 4. The van der Waals surface area contributed by atoms with Gasteiger partial charge in [0.15, 0.2) is 0 Å². The number of aryl methyl sites for hydroxylation is 2. The quantitative estimate of drug-likeness (QED) is 0.396. The van der Waals surface area contributed by atoms with Gasteiger partial charge in [-0.05, 0) is 82.4 Å². The highest BCUT2D eigenvalue weighted by atomic mass is 16.2. The molecule has 0 bridgehead atoms. The maximum Gasteiger partial charge on any atom is 0.281 e. The molecule has 0 aliphatic carbocycles. The number of nitrogens with one attached hydrogen (secondary N) is 1. The van der Waals surface area contributed by atoms with Gasteiger partial charge in [-0.25, -0.2) is 0 Å². The van der Waals surface area contributed by atoms with E-state index in [-0.39, 0.29) is 11.5 Å². The number of amides is 1. The van der Waals surface area contributed by atoms with Gasteiger partial charge in [-0.2, -0.15) is 9.78 Å². The number of hydrogen-bond donors (Lipinski definition) is 1. The number of carbonyl (C=O) groups is 1. The van der Waals surface area contributed by atoms with Crippen molar-refractivity contribution in [2.75, 3.05) is 18.4 Å². The molecule has 3 heterocycles. The van der Waals surface area contributed by atoms with E-state index in [0.717, 1.165) is 48.0 Å². The molecule has 1 aliphatic rings. The summed E-state index contributed by atoms with van der Waals surface area (Å²) in [6.07, 6.45) is 4.24. The minimum Gasteiger partial charge on any atom is -0.336 e. The normalized spacial score (nSPS) is 15.7. The van der Waals surface area contributed by atoms with Crippen molar-refractivity contribution in [2.45, 2.75) is 53.1 Å². The average Bonchev–Trinajstić information content (AvgIpc) is 3.16. The van der Waals surface area contributed by atoms with E-state index in [1.807, 2.05) is 67.8 Å². The summed E-state index contributed by atoms with van der Waals surface area (Å²) in [6.45, 7) is 11.3. The fourth-order valence-electron chi connectivity index (χ4n) is 5.45. The van der Waals surface area contributed by atoms with Crippen LogP contribution in [-0.2, 0) is 11.3 Å². The van der Waals surface area contributed by atoms with Crippen LogP contribution in [0.4, 0.5) is 5.69 Å². The molecule has 1 atom stereocenters. The number of likely N-dealkylation sites (tertiary alicyclic amines) is 1. The monoisotopic (exact) mass is 497 g/mol. The topological polar surface area (TPSA) is 72.2 Å². The number of para-hydroxylation sites is 1. The molecule has 1 fully saturated rings. The first-order valence-electron chi connectivity index (χ1n) is 13.1. The summed E-state index contributed by atoms with van der Waals surface area (Å²) < 4.78 is 3.35. The molecule has 0 spiro atoms. The van der Waals surface area contributed by atoms with Gasteiger partial charge in [-0.15, -0.1) is 0 Å². The largest absolute Gasteiger partial charge is 0.336 e. The molecule has 0 saturated carbocycles. The third-order valence-corrected chi connectivity index (χ3v) is 7.72. The second-order valence-electron chi connectivity index (χ2n) is 10.3. The van der Waals surface area contributed by atoms with E-state index >= 15 is 0 Å². The minimum absolute atomic E-state index is 0.124. The molecule has 37 heavy (non-hydrogen) atoms. The summed E-state index contributed by atoms with van der Waals surface area (Å²) in [7, 11) is 0. The summed E-state index contributed by atoms with van der Waals surface area (Å²) in [5.74, 6) is 0.697. The summed E-state index contributed by atoms with van der Waals surface area (Å²) in [4.78, 5) is 29.1. The standard InChI is InChI=1S/C30H35N5O2/c1-20-14-16-33(17-15-20)19-24-10-12-25(13-11-24)32-29(36)23(4)34-21(2)27-18-31-35(26-8-6-5-7-9-26)30(37)28(27)22(34)3/h5-13,18,20,23H,14-17,19H2,1-4H3,(H,32,36)/t23-/m1/s1. The zero-order valence-corrected chi connectivity index (χ0v) is 22.1. The number of piperidine rings is 1.